The van der Waals surface area contributed by atoms with Crippen molar-refractivity contribution in [2.75, 3.05) is 30.6 Å². The first-order valence-electron chi connectivity index (χ1n) is 11.6. The van der Waals surface area contributed by atoms with Crippen LogP contribution in [0.1, 0.15) is 26.3 Å². The van der Waals surface area contributed by atoms with Gasteiger partial charge in [0.1, 0.15) is 16.3 Å². The molecule has 194 valence electrons. The van der Waals surface area contributed by atoms with Gasteiger partial charge in [-0.1, -0.05) is 35.9 Å². The Morgan fingerprint density at radius 1 is 0.921 bits per heavy atom. The van der Waals surface area contributed by atoms with Crippen LogP contribution in [-0.4, -0.2) is 37.8 Å². The number of esters is 1. The molecule has 2 amide bonds. The van der Waals surface area contributed by atoms with Gasteiger partial charge < -0.3 is 20.1 Å². The summed E-state index contributed by atoms with van der Waals surface area (Å²) >= 11 is 2.60. The summed E-state index contributed by atoms with van der Waals surface area (Å²) in [5.41, 5.74) is 4.15. The van der Waals surface area contributed by atoms with Crippen LogP contribution in [0.3, 0.4) is 0 Å². The van der Waals surface area contributed by atoms with E-state index in [-0.39, 0.29) is 17.6 Å². The zero-order valence-electron chi connectivity index (χ0n) is 21.1. The molecule has 1 heterocycles. The van der Waals surface area contributed by atoms with Crippen LogP contribution in [0.2, 0.25) is 0 Å². The van der Waals surface area contributed by atoms with E-state index in [1.165, 1.54) is 30.2 Å². The molecule has 0 aliphatic heterocycles. The van der Waals surface area contributed by atoms with Gasteiger partial charge in [-0.2, -0.15) is 0 Å². The minimum absolute atomic E-state index is 0.119. The molecule has 38 heavy (non-hydrogen) atoms. The minimum Gasteiger partial charge on any atom is -0.497 e. The smallest absolute Gasteiger partial charge is 0.341 e. The number of rotatable bonds is 9. The number of anilines is 2. The fourth-order valence-electron chi connectivity index (χ4n) is 3.62. The fraction of sp³-hybridized carbons (Fsp3) is 0.138. The first-order chi connectivity index (χ1) is 18.4. The van der Waals surface area contributed by atoms with Crippen LogP contribution in [0.15, 0.2) is 83.1 Å². The highest BCUT2D eigenvalue weighted by Crippen LogP contribution is 2.36. The van der Waals surface area contributed by atoms with Crippen LogP contribution in [0.5, 0.6) is 5.75 Å². The minimum atomic E-state index is -0.509. The second-order valence-electron chi connectivity index (χ2n) is 8.26. The molecule has 0 spiro atoms. The van der Waals surface area contributed by atoms with Gasteiger partial charge in [-0.15, -0.1) is 23.1 Å². The SMILES string of the molecule is COC(=O)c1c(-c2ccc(C)cc2)csc1NC(=O)CSc1cccc(NC(=O)c2ccc(OC)cc2)c1. The van der Waals surface area contributed by atoms with Crippen molar-refractivity contribution >= 4 is 51.6 Å². The third-order valence-corrected chi connectivity index (χ3v) is 7.50. The number of aryl methyl sites for hydroxylation is 1. The second kappa shape index (κ2) is 12.4. The van der Waals surface area contributed by atoms with Gasteiger partial charge in [-0.3, -0.25) is 9.59 Å². The summed E-state index contributed by atoms with van der Waals surface area (Å²) in [4.78, 5) is 38.7. The number of hydrogen-bond donors (Lipinski definition) is 2. The third kappa shape index (κ3) is 6.62. The van der Waals surface area contributed by atoms with Crippen LogP contribution < -0.4 is 15.4 Å². The van der Waals surface area contributed by atoms with Gasteiger partial charge >= 0.3 is 5.97 Å². The van der Waals surface area contributed by atoms with Crippen LogP contribution in [0.25, 0.3) is 11.1 Å². The maximum Gasteiger partial charge on any atom is 0.341 e. The Morgan fingerprint density at radius 2 is 1.66 bits per heavy atom. The topological polar surface area (TPSA) is 93.7 Å². The van der Waals surface area contributed by atoms with Crippen molar-refractivity contribution < 1.29 is 23.9 Å². The number of hydrogen-bond acceptors (Lipinski definition) is 7. The van der Waals surface area contributed by atoms with E-state index < -0.39 is 5.97 Å². The van der Waals surface area contributed by atoms with Gasteiger partial charge in [0.2, 0.25) is 5.91 Å². The molecule has 4 aromatic rings. The first-order valence-corrected chi connectivity index (χ1v) is 13.5. The largest absolute Gasteiger partial charge is 0.497 e. The van der Waals surface area contributed by atoms with Crippen molar-refractivity contribution in [3.63, 3.8) is 0 Å². The predicted octanol–water partition coefficient (Wildman–Crippen LogP) is 6.50. The summed E-state index contributed by atoms with van der Waals surface area (Å²) in [6.07, 6.45) is 0. The van der Waals surface area contributed by atoms with Crippen LogP contribution in [0, 0.1) is 6.92 Å². The lowest BCUT2D eigenvalue weighted by molar-refractivity contribution is -0.113. The van der Waals surface area contributed by atoms with Crippen molar-refractivity contribution in [1.29, 1.82) is 0 Å². The number of amides is 2. The molecule has 3 aromatic carbocycles. The first kappa shape index (κ1) is 27.0. The van der Waals surface area contributed by atoms with Crippen LogP contribution >= 0.6 is 23.1 Å². The highest BCUT2D eigenvalue weighted by atomic mass is 32.2. The molecule has 7 nitrogen and oxygen atoms in total. The molecule has 0 atom stereocenters. The number of methoxy groups -OCH3 is 2. The van der Waals surface area contributed by atoms with Crippen molar-refractivity contribution in [1.82, 2.24) is 0 Å². The quantitative estimate of drug-likeness (QED) is 0.184. The maximum atomic E-state index is 12.8. The molecule has 0 unspecified atom stereocenters. The van der Waals surface area contributed by atoms with Gasteiger partial charge in [0.15, 0.2) is 0 Å². The summed E-state index contributed by atoms with van der Waals surface area (Å²) in [5.74, 6) is -0.222. The van der Waals surface area contributed by atoms with E-state index in [4.69, 9.17) is 9.47 Å². The number of thioether (sulfide) groups is 1. The Labute approximate surface area is 229 Å². The van der Waals surface area contributed by atoms with E-state index in [2.05, 4.69) is 10.6 Å². The molecular weight excluding hydrogens is 520 g/mol. The summed E-state index contributed by atoms with van der Waals surface area (Å²) in [7, 11) is 2.89. The van der Waals surface area contributed by atoms with E-state index in [0.717, 1.165) is 16.0 Å². The van der Waals surface area contributed by atoms with E-state index in [1.54, 1.807) is 43.5 Å². The predicted molar refractivity (Wildman–Crippen MR) is 153 cm³/mol. The van der Waals surface area contributed by atoms with Gasteiger partial charge in [-0.25, -0.2) is 4.79 Å². The molecule has 0 bridgehead atoms. The number of carbonyl (C=O) groups excluding carboxylic acids is 3. The Morgan fingerprint density at radius 3 is 2.34 bits per heavy atom. The number of nitrogens with one attached hydrogen (secondary N) is 2. The normalized spacial score (nSPS) is 10.5. The lowest BCUT2D eigenvalue weighted by atomic mass is 10.0. The number of ether oxygens (including phenoxy) is 2. The molecule has 2 N–H and O–H groups in total. The van der Waals surface area contributed by atoms with Gasteiger partial charge in [-0.05, 0) is 55.0 Å². The van der Waals surface area contributed by atoms with Crippen molar-refractivity contribution in [3.05, 3.63) is 94.9 Å². The Bertz CT molecular complexity index is 1450. The number of carbonyl (C=O) groups is 3. The summed E-state index contributed by atoms with van der Waals surface area (Å²) < 4.78 is 10.1. The van der Waals surface area contributed by atoms with E-state index in [1.807, 2.05) is 48.7 Å². The fourth-order valence-corrected chi connectivity index (χ4v) is 5.35. The van der Waals surface area contributed by atoms with Gasteiger partial charge in [0, 0.05) is 27.1 Å². The molecule has 0 aliphatic carbocycles. The second-order valence-corrected chi connectivity index (χ2v) is 10.2. The molecule has 4 rings (SSSR count). The highest BCUT2D eigenvalue weighted by molar-refractivity contribution is 8.00. The average molecular weight is 547 g/mol. The van der Waals surface area contributed by atoms with E-state index in [9.17, 15) is 14.4 Å². The van der Waals surface area contributed by atoms with Crippen molar-refractivity contribution in [2.24, 2.45) is 0 Å². The van der Waals surface area contributed by atoms with Crippen LogP contribution in [0.4, 0.5) is 10.7 Å². The number of thiophene rings is 1. The molecule has 0 radical (unpaired) electrons. The lowest BCUT2D eigenvalue weighted by Crippen LogP contribution is -2.16. The standard InChI is InChI=1S/C29H26N2O5S2/c1-18-7-9-19(10-8-18)24-16-38-28(26(24)29(34)36-3)31-25(32)17-37-23-6-4-5-21(15-23)30-27(33)20-11-13-22(35-2)14-12-20/h4-16H,17H2,1-3H3,(H,30,33)(H,31,32). The van der Waals surface area contributed by atoms with E-state index >= 15 is 0 Å². The zero-order chi connectivity index (χ0) is 27.1. The molecule has 0 saturated heterocycles. The zero-order valence-corrected chi connectivity index (χ0v) is 22.7. The Hall–Kier alpha value is -4.08. The van der Waals surface area contributed by atoms with Gasteiger partial charge in [0.05, 0.1) is 20.0 Å². The monoisotopic (exact) mass is 546 g/mol. The van der Waals surface area contributed by atoms with Crippen molar-refractivity contribution in [3.8, 4) is 16.9 Å². The Balaban J connectivity index is 1.40. The van der Waals surface area contributed by atoms with Gasteiger partial charge in [0.25, 0.3) is 5.91 Å². The van der Waals surface area contributed by atoms with Crippen LogP contribution in [-0.2, 0) is 9.53 Å². The van der Waals surface area contributed by atoms with E-state index in [0.29, 0.717) is 33.1 Å². The molecule has 0 fully saturated rings. The summed E-state index contributed by atoms with van der Waals surface area (Å²) in [6, 6.07) is 21.9. The lowest BCUT2D eigenvalue weighted by Gasteiger charge is -2.09. The van der Waals surface area contributed by atoms with Crippen molar-refractivity contribution in [2.45, 2.75) is 11.8 Å². The molecule has 9 heteroatoms. The highest BCUT2D eigenvalue weighted by Gasteiger charge is 2.22. The Kier molecular flexibility index (Phi) is 8.83. The molecular formula is C29H26N2O5S2. The molecule has 1 aromatic heterocycles. The summed E-state index contributed by atoms with van der Waals surface area (Å²) in [6.45, 7) is 1.99. The third-order valence-electron chi connectivity index (χ3n) is 5.61. The summed E-state index contributed by atoms with van der Waals surface area (Å²) in [5, 5.41) is 8.01. The maximum absolute atomic E-state index is 12.8. The molecule has 0 saturated carbocycles. The average Bonchev–Trinajstić information content (AvgIpc) is 3.35. The number of benzene rings is 3. The molecule has 0 aliphatic rings.